The molecule has 0 aliphatic heterocycles. The van der Waals surface area contributed by atoms with Gasteiger partial charge in [-0.25, -0.2) is 4.39 Å². The van der Waals surface area contributed by atoms with E-state index >= 15 is 0 Å². The Morgan fingerprint density at radius 1 is 1.30 bits per heavy atom. The molecule has 0 spiro atoms. The minimum absolute atomic E-state index is 0.0382. The highest BCUT2D eigenvalue weighted by Crippen LogP contribution is 1.92. The Hall–Kier alpha value is -0.670. The van der Waals surface area contributed by atoms with Gasteiger partial charge >= 0.3 is 5.97 Å². The first-order valence-electron chi connectivity index (χ1n) is 3.08. The average molecular weight is 152 g/mol. The average Bonchev–Trinajstić information content (AvgIpc) is 1.97. The van der Waals surface area contributed by atoms with Gasteiger partial charge in [-0.2, -0.15) is 0 Å². The predicted octanol–water partition coefficient (Wildman–Crippen LogP) is 1.25. The molecule has 0 saturated carbocycles. The summed E-state index contributed by atoms with van der Waals surface area (Å²) < 4.78 is 27.0. The van der Waals surface area contributed by atoms with Crippen molar-refractivity contribution in [2.45, 2.75) is 12.8 Å². The Labute approximate surface area is 58.2 Å². The predicted molar refractivity (Wildman–Crippen MR) is 32.1 cm³/mol. The largest absolute Gasteiger partial charge is 0.463 e. The zero-order valence-electron chi connectivity index (χ0n) is 5.61. The van der Waals surface area contributed by atoms with Crippen molar-refractivity contribution in [1.82, 2.24) is 0 Å². The SMILES string of the molecule is O=C(CCCF)OCCF. The second-order valence-electron chi connectivity index (χ2n) is 1.70. The van der Waals surface area contributed by atoms with Crippen LogP contribution in [0.5, 0.6) is 0 Å². The van der Waals surface area contributed by atoms with Gasteiger partial charge in [0.25, 0.3) is 0 Å². The van der Waals surface area contributed by atoms with Gasteiger partial charge in [-0.05, 0) is 6.42 Å². The number of carbonyl (C=O) groups is 1. The molecule has 0 rings (SSSR count). The van der Waals surface area contributed by atoms with Crippen molar-refractivity contribution >= 4 is 5.97 Å². The molecule has 0 heterocycles. The summed E-state index contributed by atoms with van der Waals surface area (Å²) in [6.45, 7) is -1.43. The minimum atomic E-state index is -0.679. The van der Waals surface area contributed by atoms with E-state index in [2.05, 4.69) is 4.74 Å². The smallest absolute Gasteiger partial charge is 0.305 e. The van der Waals surface area contributed by atoms with Gasteiger partial charge in [0.15, 0.2) is 0 Å². The van der Waals surface area contributed by atoms with Gasteiger partial charge in [0, 0.05) is 6.42 Å². The first-order chi connectivity index (χ1) is 4.81. The lowest BCUT2D eigenvalue weighted by molar-refractivity contribution is -0.144. The molecule has 2 nitrogen and oxygen atoms in total. The number of halogens is 2. The second-order valence-corrected chi connectivity index (χ2v) is 1.70. The monoisotopic (exact) mass is 152 g/mol. The fraction of sp³-hybridized carbons (Fsp3) is 0.833. The number of carbonyl (C=O) groups excluding carboxylic acids is 1. The zero-order chi connectivity index (χ0) is 7.82. The first-order valence-corrected chi connectivity index (χ1v) is 3.08. The Morgan fingerprint density at radius 3 is 2.50 bits per heavy atom. The van der Waals surface area contributed by atoms with Crippen LogP contribution in [0.1, 0.15) is 12.8 Å². The van der Waals surface area contributed by atoms with Crippen LogP contribution in [0.3, 0.4) is 0 Å². The van der Waals surface area contributed by atoms with E-state index in [1.807, 2.05) is 0 Å². The van der Waals surface area contributed by atoms with E-state index in [-0.39, 0.29) is 19.4 Å². The lowest BCUT2D eigenvalue weighted by Crippen LogP contribution is -2.06. The van der Waals surface area contributed by atoms with Gasteiger partial charge in [0.1, 0.15) is 13.3 Å². The van der Waals surface area contributed by atoms with Crippen molar-refractivity contribution in [3.63, 3.8) is 0 Å². The number of esters is 1. The third kappa shape index (κ3) is 5.47. The van der Waals surface area contributed by atoms with Gasteiger partial charge < -0.3 is 4.74 Å². The summed E-state index contributed by atoms with van der Waals surface area (Å²) in [6, 6.07) is 0. The summed E-state index contributed by atoms with van der Waals surface area (Å²) in [4.78, 5) is 10.4. The van der Waals surface area contributed by atoms with Crippen LogP contribution in [0.15, 0.2) is 0 Å². The molecule has 0 aromatic rings. The van der Waals surface area contributed by atoms with Crippen LogP contribution < -0.4 is 0 Å². The van der Waals surface area contributed by atoms with E-state index in [1.165, 1.54) is 0 Å². The molecule has 0 aromatic carbocycles. The van der Waals surface area contributed by atoms with Crippen molar-refractivity contribution in [3.8, 4) is 0 Å². The number of hydrogen-bond acceptors (Lipinski definition) is 2. The van der Waals surface area contributed by atoms with Gasteiger partial charge in [-0.1, -0.05) is 0 Å². The minimum Gasteiger partial charge on any atom is -0.463 e. The molecule has 0 radical (unpaired) electrons. The number of alkyl halides is 2. The highest BCUT2D eigenvalue weighted by atomic mass is 19.1. The maximum atomic E-state index is 11.4. The van der Waals surface area contributed by atoms with Gasteiger partial charge in [0.2, 0.25) is 0 Å². The molecule has 0 aromatic heterocycles. The normalized spacial score (nSPS) is 9.40. The van der Waals surface area contributed by atoms with Crippen LogP contribution in [0.2, 0.25) is 0 Å². The summed E-state index contributed by atoms with van der Waals surface area (Å²) in [5.74, 6) is -0.532. The third-order valence-electron chi connectivity index (χ3n) is 0.855. The van der Waals surface area contributed by atoms with E-state index in [9.17, 15) is 13.6 Å². The molecule has 60 valence electrons. The molecule has 0 unspecified atom stereocenters. The summed E-state index contributed by atoms with van der Waals surface area (Å²) >= 11 is 0. The topological polar surface area (TPSA) is 26.3 Å². The van der Waals surface area contributed by atoms with E-state index in [0.29, 0.717) is 0 Å². The molecule has 0 aliphatic carbocycles. The molecular weight excluding hydrogens is 142 g/mol. The molecule has 0 aliphatic rings. The summed E-state index contributed by atoms with van der Waals surface area (Å²) in [5, 5.41) is 0. The van der Waals surface area contributed by atoms with Crippen LogP contribution in [0, 0.1) is 0 Å². The third-order valence-corrected chi connectivity index (χ3v) is 0.855. The maximum absolute atomic E-state index is 11.4. The quantitative estimate of drug-likeness (QED) is 0.554. The number of hydrogen-bond donors (Lipinski definition) is 0. The van der Waals surface area contributed by atoms with Crippen LogP contribution in [-0.2, 0) is 9.53 Å². The van der Waals surface area contributed by atoms with Gasteiger partial charge in [0.05, 0.1) is 6.67 Å². The van der Waals surface area contributed by atoms with Crippen molar-refractivity contribution in [1.29, 1.82) is 0 Å². The van der Waals surface area contributed by atoms with Crippen LogP contribution in [-0.4, -0.2) is 25.9 Å². The van der Waals surface area contributed by atoms with E-state index in [0.717, 1.165) is 0 Å². The van der Waals surface area contributed by atoms with Crippen molar-refractivity contribution in [3.05, 3.63) is 0 Å². The highest BCUT2D eigenvalue weighted by Gasteiger charge is 2.00. The van der Waals surface area contributed by atoms with Crippen LogP contribution in [0.25, 0.3) is 0 Å². The lowest BCUT2D eigenvalue weighted by Gasteiger charge is -1.98. The molecule has 0 atom stereocenters. The number of ether oxygens (including phenoxy) is 1. The summed E-state index contributed by atoms with van der Waals surface area (Å²) in [7, 11) is 0. The van der Waals surface area contributed by atoms with E-state index in [1.54, 1.807) is 0 Å². The fourth-order valence-electron chi connectivity index (χ4n) is 0.436. The standard InChI is InChI=1S/C6H10F2O2/c7-3-1-2-6(9)10-5-4-8/h1-5H2. The Kier molecular flexibility index (Phi) is 6.02. The summed E-state index contributed by atoms with van der Waals surface area (Å²) in [6.07, 6.45) is 0.196. The van der Waals surface area contributed by atoms with Crippen molar-refractivity contribution < 1.29 is 18.3 Å². The molecule has 0 fully saturated rings. The summed E-state index contributed by atoms with van der Waals surface area (Å²) in [5.41, 5.74) is 0. The number of rotatable bonds is 5. The van der Waals surface area contributed by atoms with Crippen LogP contribution >= 0.6 is 0 Å². The van der Waals surface area contributed by atoms with E-state index < -0.39 is 19.3 Å². The zero-order valence-corrected chi connectivity index (χ0v) is 5.61. The van der Waals surface area contributed by atoms with Gasteiger partial charge in [-0.15, -0.1) is 0 Å². The fourth-order valence-corrected chi connectivity index (χ4v) is 0.436. The highest BCUT2D eigenvalue weighted by molar-refractivity contribution is 5.69. The molecule has 4 heteroatoms. The van der Waals surface area contributed by atoms with Crippen LogP contribution in [0.4, 0.5) is 8.78 Å². The maximum Gasteiger partial charge on any atom is 0.305 e. The molecule has 0 bridgehead atoms. The lowest BCUT2D eigenvalue weighted by atomic mass is 10.3. The second kappa shape index (κ2) is 6.45. The van der Waals surface area contributed by atoms with E-state index in [4.69, 9.17) is 0 Å². The Morgan fingerprint density at radius 2 is 2.00 bits per heavy atom. The van der Waals surface area contributed by atoms with Crippen molar-refractivity contribution in [2.75, 3.05) is 20.0 Å². The molecule has 0 amide bonds. The van der Waals surface area contributed by atoms with Crippen molar-refractivity contribution in [2.24, 2.45) is 0 Å². The first kappa shape index (κ1) is 9.33. The Bertz CT molecular complexity index is 85.7. The Balaban J connectivity index is 3.09. The molecule has 10 heavy (non-hydrogen) atoms. The molecular formula is C6H10F2O2. The molecule has 0 N–H and O–H groups in total. The molecule has 0 saturated heterocycles. The van der Waals surface area contributed by atoms with Gasteiger partial charge in [-0.3, -0.25) is 9.18 Å².